The molecular formula is C14H24F4O2P2. The fraction of sp³-hybridized carbons (Fsp3) is 0.571. The molecule has 0 heterocycles. The fourth-order valence-electron chi connectivity index (χ4n) is 2.34. The molecule has 0 radical (unpaired) electrons. The molecule has 130 valence electrons. The van der Waals surface area contributed by atoms with Crippen LogP contribution < -0.4 is 10.6 Å². The fourth-order valence-corrected chi connectivity index (χ4v) is 4.52. The second kappa shape index (κ2) is 5.66. The van der Waals surface area contributed by atoms with Gasteiger partial charge in [-0.3, -0.25) is 0 Å². The molecule has 0 saturated carbocycles. The van der Waals surface area contributed by atoms with Gasteiger partial charge >= 0.3 is 129 Å². The van der Waals surface area contributed by atoms with E-state index in [1.54, 1.807) is 41.5 Å². The molecule has 8 heteroatoms. The molecule has 0 saturated heterocycles. The van der Waals surface area contributed by atoms with Gasteiger partial charge < -0.3 is 0 Å². The van der Waals surface area contributed by atoms with Gasteiger partial charge in [0.15, 0.2) is 0 Å². The van der Waals surface area contributed by atoms with Crippen molar-refractivity contribution in [2.45, 2.75) is 52.4 Å². The molecule has 0 unspecified atom stereocenters. The van der Waals surface area contributed by atoms with Crippen LogP contribution in [-0.4, -0.2) is 9.79 Å². The monoisotopic (exact) mass is 362 g/mol. The van der Waals surface area contributed by atoms with Crippen LogP contribution in [0.4, 0.5) is 16.8 Å². The van der Waals surface area contributed by atoms with Crippen LogP contribution in [0.3, 0.4) is 0 Å². The summed E-state index contributed by atoms with van der Waals surface area (Å²) >= 11 is 0. The summed E-state index contributed by atoms with van der Waals surface area (Å²) in [6, 6.07) is 1.92. The van der Waals surface area contributed by atoms with E-state index < -0.39 is 37.7 Å². The molecule has 2 N–H and O–H groups in total. The van der Waals surface area contributed by atoms with Gasteiger partial charge in [-0.15, -0.1) is 0 Å². The van der Waals surface area contributed by atoms with E-state index in [2.05, 4.69) is 0 Å². The van der Waals surface area contributed by atoms with E-state index in [-0.39, 0.29) is 11.1 Å². The summed E-state index contributed by atoms with van der Waals surface area (Å²) in [5.41, 5.74) is -1.81. The van der Waals surface area contributed by atoms with Gasteiger partial charge in [-0.2, -0.15) is 0 Å². The number of benzene rings is 1. The number of hydrogen-bond acceptors (Lipinski definition) is 2. The Kier molecular flexibility index (Phi) is 5.09. The number of rotatable bonds is 2. The summed E-state index contributed by atoms with van der Waals surface area (Å²) in [7, 11) is -11.4. The van der Waals surface area contributed by atoms with Crippen molar-refractivity contribution < 1.29 is 26.6 Å². The number of halogens is 4. The first-order valence-electron chi connectivity index (χ1n) is 6.86. The first-order valence-corrected chi connectivity index (χ1v) is 10.3. The topological polar surface area (TPSA) is 40.5 Å². The van der Waals surface area contributed by atoms with Gasteiger partial charge in [-0.25, -0.2) is 0 Å². The van der Waals surface area contributed by atoms with E-state index in [0.717, 1.165) is 12.1 Å². The van der Waals surface area contributed by atoms with Crippen molar-refractivity contribution in [1.29, 1.82) is 0 Å². The van der Waals surface area contributed by atoms with E-state index >= 15 is 0 Å². The molecule has 0 atom stereocenters. The van der Waals surface area contributed by atoms with Gasteiger partial charge in [-0.1, -0.05) is 0 Å². The van der Waals surface area contributed by atoms with Crippen LogP contribution >= 0.6 is 16.2 Å². The predicted octanol–water partition coefficient (Wildman–Crippen LogP) is 4.38. The maximum absolute atomic E-state index is 13.7. The van der Waals surface area contributed by atoms with Gasteiger partial charge in [0.1, 0.15) is 0 Å². The first kappa shape index (κ1) is 19.8. The zero-order chi connectivity index (χ0) is 17.7. The minimum absolute atomic E-state index is 0.0455. The molecule has 0 aromatic heterocycles. The Balaban J connectivity index is 3.90. The van der Waals surface area contributed by atoms with Crippen molar-refractivity contribution in [3.8, 4) is 0 Å². The van der Waals surface area contributed by atoms with Crippen molar-refractivity contribution in [2.24, 2.45) is 0 Å². The third-order valence-corrected chi connectivity index (χ3v) is 5.55. The van der Waals surface area contributed by atoms with Crippen molar-refractivity contribution in [3.05, 3.63) is 23.3 Å². The zero-order valence-electron chi connectivity index (χ0n) is 13.6. The third kappa shape index (κ3) is 4.38. The predicted molar refractivity (Wildman–Crippen MR) is 88.6 cm³/mol. The van der Waals surface area contributed by atoms with E-state index in [4.69, 9.17) is 0 Å². The number of hydrogen-bond donors (Lipinski definition) is 2. The van der Waals surface area contributed by atoms with Crippen LogP contribution in [0.2, 0.25) is 0 Å². The van der Waals surface area contributed by atoms with Crippen LogP contribution in [0.15, 0.2) is 12.1 Å². The molecule has 0 fully saturated rings. The molecule has 0 aliphatic carbocycles. The van der Waals surface area contributed by atoms with E-state index in [1.807, 2.05) is 0 Å². The second-order valence-electron chi connectivity index (χ2n) is 7.53. The minimum atomic E-state index is -5.69. The van der Waals surface area contributed by atoms with Gasteiger partial charge in [0.2, 0.25) is 0 Å². The maximum atomic E-state index is 13.7. The Morgan fingerprint density at radius 2 is 0.909 bits per heavy atom. The van der Waals surface area contributed by atoms with Gasteiger partial charge in [0, 0.05) is 0 Å². The molecule has 0 aliphatic heterocycles. The van der Waals surface area contributed by atoms with Crippen LogP contribution in [0.25, 0.3) is 0 Å². The molecular weight excluding hydrogens is 338 g/mol. The standard InChI is InChI=1S/C14H24F4O2P2/c1-13(2,3)9-7-12(22(17,18)20)10(14(4,5)6)8-11(9)21(15,16)19/h7-8,19-22H,1-6H3. The Hall–Kier alpha value is -0.280. The zero-order valence-corrected chi connectivity index (χ0v) is 15.6. The molecule has 0 aliphatic rings. The van der Waals surface area contributed by atoms with E-state index in [0.29, 0.717) is 0 Å². The van der Waals surface area contributed by atoms with Crippen molar-refractivity contribution in [1.82, 2.24) is 0 Å². The average molecular weight is 362 g/mol. The normalized spacial score (nSPS) is 15.8. The van der Waals surface area contributed by atoms with Crippen molar-refractivity contribution in [3.63, 3.8) is 0 Å². The molecule has 1 rings (SSSR count). The Morgan fingerprint density at radius 3 is 1.05 bits per heavy atom. The quantitative estimate of drug-likeness (QED) is 0.605. The summed E-state index contributed by atoms with van der Waals surface area (Å²) in [5, 5.41) is -1.13. The molecule has 0 bridgehead atoms. The van der Waals surface area contributed by atoms with Crippen LogP contribution in [-0.2, 0) is 10.8 Å². The Labute approximate surface area is 129 Å². The van der Waals surface area contributed by atoms with Gasteiger partial charge in [-0.05, 0) is 0 Å². The van der Waals surface area contributed by atoms with Gasteiger partial charge in [0.05, 0.1) is 0 Å². The summed E-state index contributed by atoms with van der Waals surface area (Å²) < 4.78 is 54.8. The first-order chi connectivity index (χ1) is 9.45. The molecule has 2 nitrogen and oxygen atoms in total. The SMILES string of the molecule is CC(C)(C)c1cc([PH](O)(F)F)c(C(C)(C)C)cc1[PH](O)(F)F. The molecule has 0 amide bonds. The average Bonchev–Trinajstić information content (AvgIpc) is 2.22. The molecule has 1 aromatic rings. The van der Waals surface area contributed by atoms with Crippen molar-refractivity contribution >= 4 is 26.8 Å². The second-order valence-corrected chi connectivity index (χ2v) is 10.8. The van der Waals surface area contributed by atoms with Crippen LogP contribution in [0.1, 0.15) is 52.7 Å². The van der Waals surface area contributed by atoms with Crippen molar-refractivity contribution in [2.75, 3.05) is 0 Å². The molecule has 1 aromatic carbocycles. The third-order valence-electron chi connectivity index (χ3n) is 3.42. The molecule has 0 spiro atoms. The summed E-state index contributed by atoms with van der Waals surface area (Å²) in [4.78, 5) is 18.6. The Morgan fingerprint density at radius 1 is 0.682 bits per heavy atom. The van der Waals surface area contributed by atoms with Gasteiger partial charge in [0.25, 0.3) is 0 Å². The summed E-state index contributed by atoms with van der Waals surface area (Å²) in [6.07, 6.45) is 0. The molecule has 22 heavy (non-hydrogen) atoms. The Bertz CT molecular complexity index is 466. The summed E-state index contributed by atoms with van der Waals surface area (Å²) in [6.45, 7) is 9.60. The summed E-state index contributed by atoms with van der Waals surface area (Å²) in [5.74, 6) is 0. The van der Waals surface area contributed by atoms with E-state index in [9.17, 15) is 26.6 Å². The van der Waals surface area contributed by atoms with E-state index in [1.165, 1.54) is 0 Å². The van der Waals surface area contributed by atoms with Crippen LogP contribution in [0.5, 0.6) is 0 Å². The van der Waals surface area contributed by atoms with Crippen LogP contribution in [0, 0.1) is 0 Å².